The maximum absolute atomic E-state index is 12.1. The van der Waals surface area contributed by atoms with E-state index in [-0.39, 0.29) is 17.2 Å². The second-order valence-electron chi connectivity index (χ2n) is 4.02. The van der Waals surface area contributed by atoms with E-state index in [2.05, 4.69) is 27.4 Å². The number of urea groups is 1. The third-order valence-electron chi connectivity index (χ3n) is 2.55. The molecule has 2 N–H and O–H groups in total. The molecule has 1 aromatic heterocycles. The number of carbonyl (C=O) groups is 2. The summed E-state index contributed by atoms with van der Waals surface area (Å²) in [5, 5.41) is 13.9. The van der Waals surface area contributed by atoms with Crippen molar-refractivity contribution in [2.45, 2.75) is 16.5 Å². The van der Waals surface area contributed by atoms with Crippen molar-refractivity contribution in [3.8, 4) is 0 Å². The second kappa shape index (κ2) is 6.71. The Labute approximate surface area is 124 Å². The van der Waals surface area contributed by atoms with Gasteiger partial charge < -0.3 is 10.6 Å². The van der Waals surface area contributed by atoms with E-state index in [4.69, 9.17) is 0 Å². The number of carbonyl (C=O) groups excluding carboxylic acids is 2. The number of aromatic nitrogens is 2. The summed E-state index contributed by atoms with van der Waals surface area (Å²) in [6.07, 6.45) is 1.73. The third-order valence-corrected chi connectivity index (χ3v) is 4.61. The zero-order valence-corrected chi connectivity index (χ0v) is 12.6. The van der Waals surface area contributed by atoms with E-state index in [0.29, 0.717) is 29.1 Å². The van der Waals surface area contributed by atoms with Crippen molar-refractivity contribution in [2.24, 2.45) is 0 Å². The molecule has 2 rings (SSSR count). The van der Waals surface area contributed by atoms with Crippen molar-refractivity contribution in [1.82, 2.24) is 20.4 Å². The van der Waals surface area contributed by atoms with Gasteiger partial charge in [0.1, 0.15) is 0 Å². The molecule has 1 aliphatic rings. The van der Waals surface area contributed by atoms with E-state index in [1.165, 1.54) is 28.0 Å². The largest absolute Gasteiger partial charge is 0.357 e. The smallest absolute Gasteiger partial charge is 0.324 e. The Kier molecular flexibility index (Phi) is 4.96. The molecule has 3 amide bonds. The third kappa shape index (κ3) is 3.48. The first-order valence-corrected chi connectivity index (χ1v) is 7.75. The fraction of sp³-hybridized carbons (Fsp3) is 0.455. The molecule has 0 radical (unpaired) electrons. The first kappa shape index (κ1) is 14.8. The average Bonchev–Trinajstić information content (AvgIpc) is 3.04. The normalized spacial score (nSPS) is 15.8. The molecule has 20 heavy (non-hydrogen) atoms. The number of amides is 3. The topological polar surface area (TPSA) is 87.2 Å². The van der Waals surface area contributed by atoms with Crippen LogP contribution in [0.4, 0.5) is 9.93 Å². The van der Waals surface area contributed by atoms with Gasteiger partial charge in [0.05, 0.1) is 5.25 Å². The van der Waals surface area contributed by atoms with Crippen LogP contribution in [0.1, 0.15) is 6.92 Å². The van der Waals surface area contributed by atoms with Gasteiger partial charge in [0, 0.05) is 19.6 Å². The van der Waals surface area contributed by atoms with Crippen molar-refractivity contribution in [2.75, 3.05) is 25.0 Å². The van der Waals surface area contributed by atoms with Gasteiger partial charge in [-0.3, -0.25) is 9.69 Å². The van der Waals surface area contributed by atoms with Crippen molar-refractivity contribution in [1.29, 1.82) is 0 Å². The summed E-state index contributed by atoms with van der Waals surface area (Å²) >= 11 is 2.68. The van der Waals surface area contributed by atoms with Gasteiger partial charge in [0.15, 0.2) is 4.34 Å². The molecule has 0 aliphatic carbocycles. The Hall–Kier alpha value is -1.61. The fourth-order valence-corrected chi connectivity index (χ4v) is 3.56. The van der Waals surface area contributed by atoms with E-state index in [1.54, 1.807) is 13.0 Å². The SMILES string of the molecule is C=CCNc1nnc(SC(C)C(=O)N2CCNC2=O)s1. The minimum absolute atomic E-state index is 0.208. The van der Waals surface area contributed by atoms with Crippen LogP contribution in [0.5, 0.6) is 0 Å². The molecule has 7 nitrogen and oxygen atoms in total. The lowest BCUT2D eigenvalue weighted by Crippen LogP contribution is -2.38. The van der Waals surface area contributed by atoms with Gasteiger partial charge in [-0.1, -0.05) is 29.2 Å². The van der Waals surface area contributed by atoms with Crippen LogP contribution in [0.2, 0.25) is 0 Å². The molecule has 108 valence electrons. The Bertz CT molecular complexity index is 519. The maximum atomic E-state index is 12.1. The molecule has 0 bridgehead atoms. The summed E-state index contributed by atoms with van der Waals surface area (Å²) in [6, 6.07) is -0.326. The van der Waals surface area contributed by atoms with E-state index in [9.17, 15) is 9.59 Å². The number of hydrogen-bond donors (Lipinski definition) is 2. The highest BCUT2D eigenvalue weighted by molar-refractivity contribution is 8.02. The number of rotatable bonds is 6. The lowest BCUT2D eigenvalue weighted by Gasteiger charge is -2.16. The lowest BCUT2D eigenvalue weighted by molar-refractivity contribution is -0.126. The van der Waals surface area contributed by atoms with Crippen LogP contribution in [0.25, 0.3) is 0 Å². The average molecular weight is 313 g/mol. The molecule has 0 saturated carbocycles. The summed E-state index contributed by atoms with van der Waals surface area (Å²) in [6.45, 7) is 6.91. The molecular formula is C11H15N5O2S2. The molecule has 0 spiro atoms. The van der Waals surface area contributed by atoms with Crippen LogP contribution in [-0.2, 0) is 4.79 Å². The van der Waals surface area contributed by atoms with Crippen LogP contribution in [-0.4, -0.2) is 51.9 Å². The highest BCUT2D eigenvalue weighted by Crippen LogP contribution is 2.29. The predicted octanol–water partition coefficient (Wildman–Crippen LogP) is 1.17. The summed E-state index contributed by atoms with van der Waals surface area (Å²) in [7, 11) is 0. The minimum atomic E-state index is -0.376. The van der Waals surface area contributed by atoms with Gasteiger partial charge in [0.2, 0.25) is 11.0 Å². The first-order chi connectivity index (χ1) is 9.61. The molecule has 9 heteroatoms. The van der Waals surface area contributed by atoms with Gasteiger partial charge in [-0.2, -0.15) is 0 Å². The van der Waals surface area contributed by atoms with E-state index < -0.39 is 0 Å². The van der Waals surface area contributed by atoms with Crippen molar-refractivity contribution in [3.63, 3.8) is 0 Å². The number of nitrogens with one attached hydrogen (secondary N) is 2. The summed E-state index contributed by atoms with van der Waals surface area (Å²) in [4.78, 5) is 24.8. The predicted molar refractivity (Wildman–Crippen MR) is 79.0 cm³/mol. The molecule has 1 aliphatic heterocycles. The quantitative estimate of drug-likeness (QED) is 0.605. The van der Waals surface area contributed by atoms with Crippen LogP contribution in [0, 0.1) is 0 Å². The minimum Gasteiger partial charge on any atom is -0.357 e. The van der Waals surface area contributed by atoms with Gasteiger partial charge >= 0.3 is 6.03 Å². The van der Waals surface area contributed by atoms with Crippen molar-refractivity contribution < 1.29 is 9.59 Å². The van der Waals surface area contributed by atoms with Gasteiger partial charge in [-0.25, -0.2) is 4.79 Å². The Morgan fingerprint density at radius 2 is 2.50 bits per heavy atom. The molecule has 0 aromatic carbocycles. The Morgan fingerprint density at radius 1 is 1.70 bits per heavy atom. The highest BCUT2D eigenvalue weighted by Gasteiger charge is 2.30. The van der Waals surface area contributed by atoms with E-state index in [1.807, 2.05) is 0 Å². The van der Waals surface area contributed by atoms with Crippen LogP contribution in [0.15, 0.2) is 17.0 Å². The molecule has 1 unspecified atom stereocenters. The van der Waals surface area contributed by atoms with E-state index in [0.717, 1.165) is 0 Å². The Morgan fingerprint density at radius 3 is 3.15 bits per heavy atom. The fourth-order valence-electron chi connectivity index (χ4n) is 1.59. The van der Waals surface area contributed by atoms with Crippen LogP contribution < -0.4 is 10.6 Å². The zero-order chi connectivity index (χ0) is 14.5. The molecule has 1 aromatic rings. The highest BCUT2D eigenvalue weighted by atomic mass is 32.2. The number of anilines is 1. The van der Waals surface area contributed by atoms with Crippen molar-refractivity contribution in [3.05, 3.63) is 12.7 Å². The maximum Gasteiger partial charge on any atom is 0.324 e. The Balaban J connectivity index is 1.91. The van der Waals surface area contributed by atoms with Gasteiger partial charge in [-0.15, -0.1) is 16.8 Å². The first-order valence-electron chi connectivity index (χ1n) is 6.06. The van der Waals surface area contributed by atoms with Crippen LogP contribution in [0.3, 0.4) is 0 Å². The molecule has 2 heterocycles. The molecule has 1 fully saturated rings. The molecular weight excluding hydrogens is 298 g/mol. The summed E-state index contributed by atoms with van der Waals surface area (Å²) in [5.41, 5.74) is 0. The molecule has 1 atom stereocenters. The number of imide groups is 1. The zero-order valence-electron chi connectivity index (χ0n) is 11.0. The number of nitrogens with zero attached hydrogens (tertiary/aromatic N) is 3. The standard InChI is InChI=1S/C11H15N5O2S2/c1-3-4-12-9-14-15-11(20-9)19-7(2)8(17)16-6-5-13-10(16)18/h3,7H,1,4-6H2,2H3,(H,12,14)(H,13,18). The lowest BCUT2D eigenvalue weighted by atomic mass is 10.4. The number of thioether (sulfide) groups is 1. The van der Waals surface area contributed by atoms with Gasteiger partial charge in [0.25, 0.3) is 0 Å². The van der Waals surface area contributed by atoms with Crippen molar-refractivity contribution >= 4 is 40.2 Å². The monoisotopic (exact) mass is 313 g/mol. The van der Waals surface area contributed by atoms with Gasteiger partial charge in [-0.05, 0) is 6.92 Å². The number of hydrogen-bond acceptors (Lipinski definition) is 7. The summed E-state index contributed by atoms with van der Waals surface area (Å²) in [5.74, 6) is -0.208. The summed E-state index contributed by atoms with van der Waals surface area (Å²) < 4.78 is 0.692. The molecule has 1 saturated heterocycles. The van der Waals surface area contributed by atoms with Crippen LogP contribution >= 0.6 is 23.1 Å². The van der Waals surface area contributed by atoms with E-state index >= 15 is 0 Å². The second-order valence-corrected chi connectivity index (χ2v) is 6.59.